The van der Waals surface area contributed by atoms with Gasteiger partial charge in [-0.3, -0.25) is 0 Å². The average Bonchev–Trinajstić information content (AvgIpc) is 2.47. The third-order valence-corrected chi connectivity index (χ3v) is 4.35. The van der Waals surface area contributed by atoms with E-state index in [2.05, 4.69) is 24.8 Å². The summed E-state index contributed by atoms with van der Waals surface area (Å²) in [5.41, 5.74) is 2.97. The minimum atomic E-state index is -0.0830. The molecule has 112 valence electrons. The number of aliphatic hydroxyl groups is 1. The minimum absolute atomic E-state index is 0.0830. The van der Waals surface area contributed by atoms with Gasteiger partial charge < -0.3 is 15.1 Å². The van der Waals surface area contributed by atoms with Crippen molar-refractivity contribution in [1.82, 2.24) is 4.90 Å². The molecule has 0 aliphatic heterocycles. The molecule has 0 saturated heterocycles. The van der Waals surface area contributed by atoms with E-state index in [4.69, 9.17) is 0 Å². The first-order chi connectivity index (χ1) is 9.71. The fourth-order valence-corrected chi connectivity index (χ4v) is 3.35. The zero-order chi connectivity index (χ0) is 14.5. The Kier molecular flexibility index (Phi) is 5.44. The van der Waals surface area contributed by atoms with Crippen molar-refractivity contribution in [3.63, 3.8) is 0 Å². The molecule has 2 N–H and O–H groups in total. The Balaban J connectivity index is 2.16. The molecule has 1 atom stereocenters. The van der Waals surface area contributed by atoms with E-state index in [-0.39, 0.29) is 6.61 Å². The summed E-state index contributed by atoms with van der Waals surface area (Å²) in [6.45, 7) is 6.71. The summed E-state index contributed by atoms with van der Waals surface area (Å²) >= 11 is 0. The number of aromatic hydroxyl groups is 1. The van der Waals surface area contributed by atoms with Gasteiger partial charge in [-0.05, 0) is 56.3 Å². The second-order valence-electron chi connectivity index (χ2n) is 5.80. The van der Waals surface area contributed by atoms with Gasteiger partial charge in [0.05, 0.1) is 6.61 Å². The summed E-state index contributed by atoms with van der Waals surface area (Å²) in [7, 11) is 0. The molecular formula is C17H27NO2. The highest BCUT2D eigenvalue weighted by Crippen LogP contribution is 2.33. The van der Waals surface area contributed by atoms with Gasteiger partial charge in [0, 0.05) is 11.6 Å². The average molecular weight is 277 g/mol. The zero-order valence-electron chi connectivity index (χ0n) is 12.7. The molecule has 1 aliphatic carbocycles. The predicted molar refractivity (Wildman–Crippen MR) is 82.0 cm³/mol. The fourth-order valence-electron chi connectivity index (χ4n) is 3.35. The van der Waals surface area contributed by atoms with Crippen molar-refractivity contribution in [3.8, 4) is 5.75 Å². The largest absolute Gasteiger partial charge is 0.507 e. The highest BCUT2D eigenvalue weighted by atomic mass is 16.3. The van der Waals surface area contributed by atoms with Gasteiger partial charge in [0.1, 0.15) is 5.75 Å². The lowest BCUT2D eigenvalue weighted by atomic mass is 9.85. The third kappa shape index (κ3) is 3.15. The van der Waals surface area contributed by atoms with E-state index in [9.17, 15) is 10.2 Å². The van der Waals surface area contributed by atoms with Gasteiger partial charge in [0.2, 0.25) is 0 Å². The minimum Gasteiger partial charge on any atom is -0.507 e. The van der Waals surface area contributed by atoms with E-state index in [0.29, 0.717) is 17.4 Å². The number of phenols is 1. The number of nitrogens with zero attached hydrogens (tertiary/aromatic N) is 1. The monoisotopic (exact) mass is 277 g/mol. The molecule has 0 radical (unpaired) electrons. The van der Waals surface area contributed by atoms with Crippen LogP contribution in [0.2, 0.25) is 0 Å². The maximum absolute atomic E-state index is 10.2. The molecule has 20 heavy (non-hydrogen) atoms. The molecule has 2 rings (SSSR count). The van der Waals surface area contributed by atoms with Crippen molar-refractivity contribution in [1.29, 1.82) is 0 Å². The van der Waals surface area contributed by atoms with E-state index >= 15 is 0 Å². The Morgan fingerprint density at radius 3 is 2.50 bits per heavy atom. The smallest absolute Gasteiger partial charge is 0.124 e. The van der Waals surface area contributed by atoms with Gasteiger partial charge in [-0.15, -0.1) is 0 Å². The number of benzene rings is 1. The molecule has 0 unspecified atom stereocenters. The Morgan fingerprint density at radius 2 is 1.90 bits per heavy atom. The molecule has 0 aromatic heterocycles. The van der Waals surface area contributed by atoms with E-state index in [1.54, 1.807) is 0 Å². The Bertz CT molecular complexity index is 439. The van der Waals surface area contributed by atoms with Crippen LogP contribution in [-0.4, -0.2) is 34.2 Å². The van der Waals surface area contributed by atoms with Crippen molar-refractivity contribution in [2.24, 2.45) is 0 Å². The standard InChI is InChI=1S/C17H27NO2/c1-3-9-18(10-4-2)15-7-8-16-13(11-15)5-6-14(12-19)17(16)20/h5-6,15,19-20H,3-4,7-12H2,1-2H3/t15-/m0/s1. The van der Waals surface area contributed by atoms with Gasteiger partial charge in [-0.2, -0.15) is 0 Å². The van der Waals surface area contributed by atoms with Crippen molar-refractivity contribution < 1.29 is 10.2 Å². The quantitative estimate of drug-likeness (QED) is 0.840. The first-order valence-electron chi connectivity index (χ1n) is 7.88. The summed E-state index contributed by atoms with van der Waals surface area (Å²) in [5.74, 6) is 0.320. The highest BCUT2D eigenvalue weighted by molar-refractivity contribution is 5.47. The second-order valence-corrected chi connectivity index (χ2v) is 5.80. The molecule has 3 heteroatoms. The second kappa shape index (κ2) is 7.09. The van der Waals surface area contributed by atoms with Crippen LogP contribution in [0.5, 0.6) is 5.75 Å². The fraction of sp³-hybridized carbons (Fsp3) is 0.647. The summed E-state index contributed by atoms with van der Waals surface area (Å²) < 4.78 is 0. The lowest BCUT2D eigenvalue weighted by molar-refractivity contribution is 0.179. The van der Waals surface area contributed by atoms with Crippen LogP contribution in [0.1, 0.15) is 49.8 Å². The first kappa shape index (κ1) is 15.3. The number of rotatable bonds is 6. The van der Waals surface area contributed by atoms with Gasteiger partial charge in [-0.1, -0.05) is 26.0 Å². The molecule has 0 amide bonds. The van der Waals surface area contributed by atoms with E-state index in [1.807, 2.05) is 6.07 Å². The Labute approximate surface area is 122 Å². The maximum atomic E-state index is 10.2. The van der Waals surface area contributed by atoms with Crippen molar-refractivity contribution in [2.45, 2.75) is 58.6 Å². The van der Waals surface area contributed by atoms with Crippen molar-refractivity contribution >= 4 is 0 Å². The highest BCUT2D eigenvalue weighted by Gasteiger charge is 2.25. The van der Waals surface area contributed by atoms with Crippen LogP contribution in [0.3, 0.4) is 0 Å². The van der Waals surface area contributed by atoms with E-state index in [0.717, 1.165) is 37.9 Å². The summed E-state index contributed by atoms with van der Waals surface area (Å²) in [6.07, 6.45) is 5.43. The maximum Gasteiger partial charge on any atom is 0.124 e. The normalized spacial score (nSPS) is 18.3. The number of fused-ring (bicyclic) bond motifs is 1. The van der Waals surface area contributed by atoms with Crippen molar-refractivity contribution in [2.75, 3.05) is 13.1 Å². The molecule has 0 fully saturated rings. The van der Waals surface area contributed by atoms with Crippen LogP contribution >= 0.6 is 0 Å². The van der Waals surface area contributed by atoms with Gasteiger partial charge in [-0.25, -0.2) is 0 Å². The lowest BCUT2D eigenvalue weighted by Crippen LogP contribution is -2.40. The molecule has 1 aromatic carbocycles. The number of aliphatic hydroxyl groups excluding tert-OH is 1. The van der Waals surface area contributed by atoms with Crippen LogP contribution < -0.4 is 0 Å². The molecule has 0 heterocycles. The SMILES string of the molecule is CCCN(CCC)[C@H]1CCc2c(ccc(CO)c2O)C1. The summed E-state index contributed by atoms with van der Waals surface area (Å²) in [5, 5.41) is 19.4. The zero-order valence-corrected chi connectivity index (χ0v) is 12.7. The van der Waals surface area contributed by atoms with Gasteiger partial charge in [0.25, 0.3) is 0 Å². The predicted octanol–water partition coefficient (Wildman–Crippen LogP) is 2.86. The van der Waals surface area contributed by atoms with E-state index in [1.165, 1.54) is 18.4 Å². The van der Waals surface area contributed by atoms with Gasteiger partial charge in [0.15, 0.2) is 0 Å². The Hall–Kier alpha value is -1.06. The first-order valence-corrected chi connectivity index (χ1v) is 7.88. The summed E-state index contributed by atoms with van der Waals surface area (Å²) in [4.78, 5) is 2.60. The van der Waals surface area contributed by atoms with Crippen LogP contribution in [-0.2, 0) is 19.4 Å². The van der Waals surface area contributed by atoms with Crippen LogP contribution in [0.15, 0.2) is 12.1 Å². The molecule has 0 spiro atoms. The number of hydrogen-bond acceptors (Lipinski definition) is 3. The molecule has 1 aliphatic rings. The van der Waals surface area contributed by atoms with Crippen LogP contribution in [0.4, 0.5) is 0 Å². The van der Waals surface area contributed by atoms with E-state index < -0.39 is 0 Å². The van der Waals surface area contributed by atoms with Crippen molar-refractivity contribution in [3.05, 3.63) is 28.8 Å². The molecule has 0 bridgehead atoms. The topological polar surface area (TPSA) is 43.7 Å². The van der Waals surface area contributed by atoms with Crippen LogP contribution in [0.25, 0.3) is 0 Å². The van der Waals surface area contributed by atoms with Gasteiger partial charge >= 0.3 is 0 Å². The molecule has 1 aromatic rings. The number of hydrogen-bond donors (Lipinski definition) is 2. The van der Waals surface area contributed by atoms with Crippen LogP contribution in [0, 0.1) is 0 Å². The Morgan fingerprint density at radius 1 is 1.20 bits per heavy atom. The molecular weight excluding hydrogens is 250 g/mol. The molecule has 0 saturated carbocycles. The molecule has 3 nitrogen and oxygen atoms in total. The lowest BCUT2D eigenvalue weighted by Gasteiger charge is -2.35. The summed E-state index contributed by atoms with van der Waals surface area (Å²) in [6, 6.07) is 4.55. The third-order valence-electron chi connectivity index (χ3n) is 4.35.